The third kappa shape index (κ3) is 2.26. The van der Waals surface area contributed by atoms with Crippen molar-refractivity contribution in [2.24, 2.45) is 5.92 Å². The van der Waals surface area contributed by atoms with E-state index in [0.717, 1.165) is 12.8 Å². The van der Waals surface area contributed by atoms with E-state index < -0.39 is 10.8 Å². The fourth-order valence-electron chi connectivity index (χ4n) is 2.17. The molecule has 90 valence electrons. The van der Waals surface area contributed by atoms with E-state index in [2.05, 4.69) is 5.32 Å². The Morgan fingerprint density at radius 2 is 1.94 bits per heavy atom. The highest BCUT2D eigenvalue weighted by molar-refractivity contribution is 7.85. The monoisotopic (exact) mass is 244 g/mol. The maximum Gasteiger partial charge on any atom is 0.324 e. The van der Waals surface area contributed by atoms with E-state index >= 15 is 0 Å². The second-order valence-electron chi connectivity index (χ2n) is 4.43. The number of nitrogens with one attached hydrogen (secondary N) is 1. The topological polar surface area (TPSA) is 66.5 Å². The van der Waals surface area contributed by atoms with E-state index in [4.69, 9.17) is 0 Å². The van der Waals surface area contributed by atoms with Crippen LogP contribution in [0.15, 0.2) is 0 Å². The summed E-state index contributed by atoms with van der Waals surface area (Å²) in [5.41, 5.74) is 0. The maximum atomic E-state index is 11.6. The number of carbonyl (C=O) groups excluding carboxylic acids is 2. The molecule has 0 saturated carbocycles. The molecule has 3 amide bonds. The van der Waals surface area contributed by atoms with E-state index in [1.54, 1.807) is 4.90 Å². The molecule has 6 heteroatoms. The Morgan fingerprint density at radius 3 is 2.56 bits per heavy atom. The van der Waals surface area contributed by atoms with Gasteiger partial charge in [-0.2, -0.15) is 0 Å². The lowest BCUT2D eigenvalue weighted by molar-refractivity contribution is -0.125. The first kappa shape index (κ1) is 11.6. The Morgan fingerprint density at radius 1 is 1.31 bits per heavy atom. The van der Waals surface area contributed by atoms with Crippen LogP contribution in [0.4, 0.5) is 4.79 Å². The molecule has 1 atom stereocenters. The summed E-state index contributed by atoms with van der Waals surface area (Å²) < 4.78 is 11.2. The van der Waals surface area contributed by atoms with Crippen LogP contribution >= 0.6 is 0 Å². The first-order valence-corrected chi connectivity index (χ1v) is 7.03. The van der Waals surface area contributed by atoms with Crippen molar-refractivity contribution in [3.63, 3.8) is 0 Å². The van der Waals surface area contributed by atoms with Crippen molar-refractivity contribution in [2.75, 3.05) is 18.1 Å². The van der Waals surface area contributed by atoms with Crippen molar-refractivity contribution in [3.8, 4) is 0 Å². The van der Waals surface area contributed by atoms with E-state index in [1.165, 1.54) is 0 Å². The van der Waals surface area contributed by atoms with Crippen LogP contribution in [0.3, 0.4) is 0 Å². The lowest BCUT2D eigenvalue weighted by atomic mass is 10.0. The zero-order valence-electron chi connectivity index (χ0n) is 9.27. The molecule has 0 aromatic heterocycles. The molecule has 0 radical (unpaired) electrons. The van der Waals surface area contributed by atoms with E-state index in [1.807, 2.05) is 6.92 Å². The molecule has 0 aromatic carbocycles. The number of nitrogens with zero attached hydrogens (tertiary/aromatic N) is 1. The normalized spacial score (nSPS) is 36.1. The molecule has 2 heterocycles. The highest BCUT2D eigenvalue weighted by Crippen LogP contribution is 2.19. The summed E-state index contributed by atoms with van der Waals surface area (Å²) in [7, 11) is -0.718. The lowest BCUT2D eigenvalue weighted by Gasteiger charge is -2.38. The zero-order valence-corrected chi connectivity index (χ0v) is 10.1. The van der Waals surface area contributed by atoms with E-state index in [-0.39, 0.29) is 23.9 Å². The van der Waals surface area contributed by atoms with Crippen LogP contribution in [0.25, 0.3) is 0 Å². The Balaban J connectivity index is 2.01. The first-order valence-electron chi connectivity index (χ1n) is 5.54. The van der Waals surface area contributed by atoms with Crippen molar-refractivity contribution in [1.29, 1.82) is 0 Å². The Kier molecular flexibility index (Phi) is 3.28. The largest absolute Gasteiger partial charge is 0.324 e. The Bertz CT molecular complexity index is 335. The van der Waals surface area contributed by atoms with Gasteiger partial charge < -0.3 is 4.90 Å². The Hall–Kier alpha value is -0.910. The van der Waals surface area contributed by atoms with Gasteiger partial charge in [0.05, 0.1) is 5.92 Å². The van der Waals surface area contributed by atoms with Crippen LogP contribution in [-0.4, -0.2) is 45.1 Å². The van der Waals surface area contributed by atoms with Crippen LogP contribution in [0.2, 0.25) is 0 Å². The molecule has 2 aliphatic heterocycles. The van der Waals surface area contributed by atoms with Crippen molar-refractivity contribution in [3.05, 3.63) is 0 Å². The highest BCUT2D eigenvalue weighted by atomic mass is 32.2. The van der Waals surface area contributed by atoms with Gasteiger partial charge in [-0.1, -0.05) is 6.92 Å². The minimum absolute atomic E-state index is 0.147. The predicted molar refractivity (Wildman–Crippen MR) is 60.3 cm³/mol. The fraction of sp³-hybridized carbons (Fsp3) is 0.800. The van der Waals surface area contributed by atoms with Gasteiger partial charge in [-0.15, -0.1) is 0 Å². The van der Waals surface area contributed by atoms with Gasteiger partial charge in [-0.05, 0) is 12.8 Å². The molecule has 1 unspecified atom stereocenters. The quantitative estimate of drug-likeness (QED) is 0.710. The van der Waals surface area contributed by atoms with Crippen molar-refractivity contribution in [1.82, 2.24) is 10.2 Å². The van der Waals surface area contributed by atoms with Crippen molar-refractivity contribution in [2.45, 2.75) is 25.8 Å². The Labute approximate surface area is 97.0 Å². The molecule has 16 heavy (non-hydrogen) atoms. The average molecular weight is 244 g/mol. The van der Waals surface area contributed by atoms with Gasteiger partial charge in [-0.3, -0.25) is 14.3 Å². The molecule has 5 nitrogen and oxygen atoms in total. The molecule has 0 aliphatic carbocycles. The zero-order chi connectivity index (χ0) is 11.7. The first-order chi connectivity index (χ1) is 7.58. The van der Waals surface area contributed by atoms with Crippen LogP contribution in [0.1, 0.15) is 19.8 Å². The summed E-state index contributed by atoms with van der Waals surface area (Å²) in [4.78, 5) is 24.7. The third-order valence-corrected chi connectivity index (χ3v) is 4.59. The third-order valence-electron chi connectivity index (χ3n) is 3.21. The lowest BCUT2D eigenvalue weighted by Crippen LogP contribution is -2.58. The fourth-order valence-corrected chi connectivity index (χ4v) is 3.44. The maximum absolute atomic E-state index is 11.6. The molecule has 2 rings (SSSR count). The van der Waals surface area contributed by atoms with Crippen LogP contribution in [-0.2, 0) is 15.6 Å². The van der Waals surface area contributed by atoms with Gasteiger partial charge >= 0.3 is 6.03 Å². The summed E-state index contributed by atoms with van der Waals surface area (Å²) in [5.74, 6) is 0.985. The molecule has 2 saturated heterocycles. The molecule has 0 bridgehead atoms. The molecule has 0 spiro atoms. The second kappa shape index (κ2) is 4.53. The molecule has 2 fully saturated rings. The standard InChI is InChI=1S/C10H16N2O3S/c1-7-6-12(10(14)11-9(7)13)8-2-4-16(15)5-3-8/h7-8H,2-6H2,1H3,(H,11,13,14). The number of carbonyl (C=O) groups is 2. The summed E-state index contributed by atoms with van der Waals surface area (Å²) in [6.45, 7) is 2.30. The van der Waals surface area contributed by atoms with Crippen molar-refractivity contribution >= 4 is 22.7 Å². The van der Waals surface area contributed by atoms with Crippen molar-refractivity contribution < 1.29 is 13.8 Å². The minimum atomic E-state index is -0.718. The van der Waals surface area contributed by atoms with E-state index in [9.17, 15) is 13.8 Å². The van der Waals surface area contributed by atoms with Crippen LogP contribution < -0.4 is 5.32 Å². The van der Waals surface area contributed by atoms with Gasteiger partial charge in [0.2, 0.25) is 5.91 Å². The summed E-state index contributed by atoms with van der Waals surface area (Å²) in [6, 6.07) is -0.144. The minimum Gasteiger partial charge on any atom is -0.321 e. The summed E-state index contributed by atoms with van der Waals surface area (Å²) in [5, 5.41) is 2.36. The van der Waals surface area contributed by atoms with Crippen LogP contribution in [0.5, 0.6) is 0 Å². The molecular weight excluding hydrogens is 228 g/mol. The number of urea groups is 1. The number of rotatable bonds is 1. The summed E-state index contributed by atoms with van der Waals surface area (Å²) in [6.07, 6.45) is 1.56. The van der Waals surface area contributed by atoms with Crippen LogP contribution in [0, 0.1) is 5.92 Å². The summed E-state index contributed by atoms with van der Waals surface area (Å²) >= 11 is 0. The molecule has 2 aliphatic rings. The number of hydrogen-bond acceptors (Lipinski definition) is 3. The average Bonchev–Trinajstić information content (AvgIpc) is 2.25. The molecule has 0 aromatic rings. The van der Waals surface area contributed by atoms with Gasteiger partial charge in [0.15, 0.2) is 0 Å². The van der Waals surface area contributed by atoms with Gasteiger partial charge in [0, 0.05) is 34.9 Å². The number of amides is 3. The van der Waals surface area contributed by atoms with Gasteiger partial charge in [0.25, 0.3) is 0 Å². The number of hydrogen-bond donors (Lipinski definition) is 1. The predicted octanol–water partition coefficient (Wildman–Crippen LogP) is 0.0854. The molecular formula is C10H16N2O3S. The SMILES string of the molecule is CC1CN(C2CCS(=O)CC2)C(=O)NC1=O. The number of imide groups is 1. The molecule has 1 N–H and O–H groups in total. The smallest absolute Gasteiger partial charge is 0.321 e. The highest BCUT2D eigenvalue weighted by Gasteiger charge is 2.34. The van der Waals surface area contributed by atoms with Gasteiger partial charge in [-0.25, -0.2) is 4.79 Å². The second-order valence-corrected chi connectivity index (χ2v) is 6.12. The van der Waals surface area contributed by atoms with E-state index in [0.29, 0.717) is 18.1 Å². The van der Waals surface area contributed by atoms with Gasteiger partial charge in [0.1, 0.15) is 0 Å².